The molecular weight excluding hydrogens is 413 g/mol. The highest BCUT2D eigenvalue weighted by Gasteiger charge is 2.16. The van der Waals surface area contributed by atoms with Crippen LogP contribution in [0, 0.1) is 5.82 Å². The number of nitrogens with two attached hydrogens (primary N) is 2. The second-order valence-electron chi connectivity index (χ2n) is 7.79. The van der Waals surface area contributed by atoms with E-state index < -0.39 is 11.9 Å². The van der Waals surface area contributed by atoms with Gasteiger partial charge in [0.2, 0.25) is 0 Å². The van der Waals surface area contributed by atoms with E-state index in [4.69, 9.17) is 21.1 Å². The third kappa shape index (κ3) is 6.84. The van der Waals surface area contributed by atoms with Crippen LogP contribution in [-0.4, -0.2) is 35.8 Å². The first-order valence-electron chi connectivity index (χ1n) is 10.7. The molecular formula is C23H30FN5O3. The average molecular weight is 444 g/mol. The van der Waals surface area contributed by atoms with E-state index >= 15 is 0 Å². The zero-order chi connectivity index (χ0) is 22.9. The second kappa shape index (κ2) is 11.3. The first-order valence-corrected chi connectivity index (χ1v) is 10.7. The first kappa shape index (κ1) is 23.3. The number of hydrogen-bond donors (Lipinski definition) is 3. The van der Waals surface area contributed by atoms with Crippen LogP contribution in [0.1, 0.15) is 43.4 Å². The van der Waals surface area contributed by atoms with Gasteiger partial charge in [0.25, 0.3) is 0 Å². The molecule has 1 aliphatic rings. The van der Waals surface area contributed by atoms with Crippen LogP contribution < -0.4 is 21.6 Å². The number of rotatable bonds is 8. The highest BCUT2D eigenvalue weighted by atomic mass is 19.1. The molecule has 1 saturated carbocycles. The van der Waals surface area contributed by atoms with E-state index in [1.165, 1.54) is 36.4 Å². The lowest BCUT2D eigenvalue weighted by Crippen LogP contribution is -2.36. The van der Waals surface area contributed by atoms with Gasteiger partial charge in [-0.25, -0.2) is 15.0 Å². The normalized spacial score (nSPS) is 15.0. The fourth-order valence-electron chi connectivity index (χ4n) is 3.53. The maximum absolute atomic E-state index is 13.2. The summed E-state index contributed by atoms with van der Waals surface area (Å²) in [5.74, 6) is 6.22. The fraction of sp³-hybridized carbons (Fsp3) is 0.391. The number of halogens is 1. The maximum atomic E-state index is 13.2. The van der Waals surface area contributed by atoms with Gasteiger partial charge in [0.05, 0.1) is 35.9 Å². The van der Waals surface area contributed by atoms with Gasteiger partial charge in [-0.1, -0.05) is 18.6 Å². The summed E-state index contributed by atoms with van der Waals surface area (Å²) >= 11 is 0. The van der Waals surface area contributed by atoms with Crippen molar-refractivity contribution in [2.75, 3.05) is 13.6 Å². The van der Waals surface area contributed by atoms with Crippen molar-refractivity contribution >= 4 is 11.8 Å². The number of likely N-dealkylation sites (N-methyl/N-ethyl adjacent to an activating group) is 1. The Morgan fingerprint density at radius 3 is 2.69 bits per heavy atom. The summed E-state index contributed by atoms with van der Waals surface area (Å²) < 4.78 is 24.3. The second-order valence-corrected chi connectivity index (χ2v) is 7.79. The standard InChI is InChI=1S/C23H30FN5O3/c1-29(26)21(14-28-23(30)31-15-16-6-5-7-17(24)12-16)22(25)20-11-10-19(13-27-20)32-18-8-3-2-4-9-18/h5-7,10-13,18H,2-4,8-9,14-15,25-26H2,1H3,(H,28,30)/b22-21-. The Morgan fingerprint density at radius 2 is 2.03 bits per heavy atom. The van der Waals surface area contributed by atoms with Crippen molar-refractivity contribution in [1.82, 2.24) is 15.3 Å². The molecule has 5 N–H and O–H groups in total. The van der Waals surface area contributed by atoms with E-state index in [0.717, 1.165) is 12.8 Å². The van der Waals surface area contributed by atoms with Crippen LogP contribution in [0.2, 0.25) is 0 Å². The number of carbonyl (C=O) groups is 1. The molecule has 8 nitrogen and oxygen atoms in total. The number of pyridine rings is 1. The molecule has 0 bridgehead atoms. The van der Waals surface area contributed by atoms with Crippen molar-refractivity contribution < 1.29 is 18.7 Å². The summed E-state index contributed by atoms with van der Waals surface area (Å²) in [7, 11) is 1.61. The molecule has 0 spiro atoms. The lowest BCUT2D eigenvalue weighted by molar-refractivity contribution is 0.139. The molecule has 0 atom stereocenters. The van der Waals surface area contributed by atoms with Crippen LogP contribution in [0.5, 0.6) is 5.75 Å². The molecule has 172 valence electrons. The van der Waals surface area contributed by atoms with Crippen LogP contribution in [0.3, 0.4) is 0 Å². The van der Waals surface area contributed by atoms with E-state index in [0.29, 0.717) is 28.4 Å². The number of hydrogen-bond acceptors (Lipinski definition) is 7. The molecule has 0 saturated heterocycles. The Kier molecular flexibility index (Phi) is 8.27. The number of amides is 1. The van der Waals surface area contributed by atoms with Crippen molar-refractivity contribution in [3.8, 4) is 5.75 Å². The molecule has 1 fully saturated rings. The highest BCUT2D eigenvalue weighted by Crippen LogP contribution is 2.23. The number of benzene rings is 1. The lowest BCUT2D eigenvalue weighted by atomic mass is 9.98. The summed E-state index contributed by atoms with van der Waals surface area (Å²) in [4.78, 5) is 16.4. The number of nitrogens with one attached hydrogen (secondary N) is 1. The minimum atomic E-state index is -0.675. The van der Waals surface area contributed by atoms with Gasteiger partial charge in [0, 0.05) is 7.05 Å². The molecule has 9 heteroatoms. The van der Waals surface area contributed by atoms with Crippen LogP contribution in [0.4, 0.5) is 9.18 Å². The molecule has 32 heavy (non-hydrogen) atoms. The van der Waals surface area contributed by atoms with Gasteiger partial charge < -0.3 is 25.5 Å². The largest absolute Gasteiger partial charge is 0.489 e. The quantitative estimate of drug-likeness (QED) is 0.423. The number of ether oxygens (including phenoxy) is 2. The van der Waals surface area contributed by atoms with E-state index in [1.54, 1.807) is 31.4 Å². The van der Waals surface area contributed by atoms with Crippen molar-refractivity contribution in [3.63, 3.8) is 0 Å². The van der Waals surface area contributed by atoms with E-state index in [9.17, 15) is 9.18 Å². The summed E-state index contributed by atoms with van der Waals surface area (Å²) in [5.41, 5.74) is 8.11. The van der Waals surface area contributed by atoms with E-state index in [-0.39, 0.29) is 19.3 Å². The topological polar surface area (TPSA) is 116 Å². The molecule has 1 aromatic carbocycles. The number of alkyl carbamates (subject to hydrolysis) is 1. The minimum absolute atomic E-state index is 0.0306. The summed E-state index contributed by atoms with van der Waals surface area (Å²) in [6.45, 7) is -0.0244. The SMILES string of the molecule is CN(N)/C(CNC(=O)OCc1cccc(F)c1)=C(\N)c1ccc(OC2CCCCC2)cn1. The summed E-state index contributed by atoms with van der Waals surface area (Å²) in [6.07, 6.45) is 6.97. The van der Waals surface area contributed by atoms with Gasteiger partial charge in [-0.3, -0.25) is 4.98 Å². The smallest absolute Gasteiger partial charge is 0.407 e. The predicted molar refractivity (Wildman–Crippen MR) is 119 cm³/mol. The van der Waals surface area contributed by atoms with Gasteiger partial charge in [-0.2, -0.15) is 0 Å². The summed E-state index contributed by atoms with van der Waals surface area (Å²) in [6, 6.07) is 9.44. The molecule has 1 aromatic heterocycles. The molecule has 0 radical (unpaired) electrons. The monoisotopic (exact) mass is 443 g/mol. The minimum Gasteiger partial charge on any atom is -0.489 e. The Labute approximate surface area is 187 Å². The summed E-state index contributed by atoms with van der Waals surface area (Å²) in [5, 5.41) is 3.91. The van der Waals surface area contributed by atoms with Gasteiger partial charge in [0.1, 0.15) is 18.2 Å². The van der Waals surface area contributed by atoms with Crippen LogP contribution in [-0.2, 0) is 11.3 Å². The fourth-order valence-corrected chi connectivity index (χ4v) is 3.53. The molecule has 3 rings (SSSR count). The molecule has 0 unspecified atom stereocenters. The van der Waals surface area contributed by atoms with E-state index in [2.05, 4.69) is 10.3 Å². The number of aromatic nitrogens is 1. The highest BCUT2D eigenvalue weighted by molar-refractivity contribution is 5.69. The first-order chi connectivity index (χ1) is 15.4. The van der Waals surface area contributed by atoms with Crippen LogP contribution >= 0.6 is 0 Å². The van der Waals surface area contributed by atoms with Crippen molar-refractivity contribution in [1.29, 1.82) is 0 Å². The molecule has 0 aliphatic heterocycles. The van der Waals surface area contributed by atoms with Crippen molar-refractivity contribution in [2.24, 2.45) is 11.6 Å². The van der Waals surface area contributed by atoms with Crippen LogP contribution in [0.25, 0.3) is 5.70 Å². The number of nitrogens with zero attached hydrogens (tertiary/aromatic N) is 2. The average Bonchev–Trinajstić information content (AvgIpc) is 2.79. The van der Waals surface area contributed by atoms with E-state index in [1.807, 2.05) is 6.07 Å². The lowest BCUT2D eigenvalue weighted by Gasteiger charge is -2.23. The molecule has 2 aromatic rings. The Balaban J connectivity index is 1.57. The number of carbonyl (C=O) groups excluding carboxylic acids is 1. The Bertz CT molecular complexity index is 927. The predicted octanol–water partition coefficient (Wildman–Crippen LogP) is 3.29. The van der Waals surface area contributed by atoms with Gasteiger partial charge in [0.15, 0.2) is 0 Å². The molecule has 1 heterocycles. The van der Waals surface area contributed by atoms with Crippen molar-refractivity contribution in [2.45, 2.75) is 44.8 Å². The maximum Gasteiger partial charge on any atom is 0.407 e. The van der Waals surface area contributed by atoms with Gasteiger partial charge >= 0.3 is 6.09 Å². The zero-order valence-corrected chi connectivity index (χ0v) is 18.2. The zero-order valence-electron chi connectivity index (χ0n) is 18.2. The molecule has 1 amide bonds. The number of hydrazine groups is 1. The molecule has 1 aliphatic carbocycles. The Hall–Kier alpha value is -3.33. The van der Waals surface area contributed by atoms with Crippen molar-refractivity contribution in [3.05, 3.63) is 65.4 Å². The Morgan fingerprint density at radius 1 is 1.25 bits per heavy atom. The van der Waals surface area contributed by atoms with Crippen LogP contribution in [0.15, 0.2) is 48.3 Å². The van der Waals surface area contributed by atoms with Gasteiger partial charge in [-0.15, -0.1) is 0 Å². The third-order valence-electron chi connectivity index (χ3n) is 5.26. The third-order valence-corrected chi connectivity index (χ3v) is 5.26. The van der Waals surface area contributed by atoms with Gasteiger partial charge in [-0.05, 0) is 55.5 Å².